The summed E-state index contributed by atoms with van der Waals surface area (Å²) in [4.78, 5) is 20.0. The Balaban J connectivity index is 2.00. The van der Waals surface area contributed by atoms with Crippen LogP contribution < -0.4 is 9.04 Å². The van der Waals surface area contributed by atoms with Crippen molar-refractivity contribution in [2.45, 2.75) is 18.4 Å². The molecular weight excluding hydrogens is 436 g/mol. The summed E-state index contributed by atoms with van der Waals surface area (Å²) < 4.78 is 38.9. The van der Waals surface area contributed by atoms with Gasteiger partial charge in [0.1, 0.15) is 11.3 Å². The highest BCUT2D eigenvalue weighted by Gasteiger charge is 2.32. The van der Waals surface area contributed by atoms with E-state index in [4.69, 9.17) is 9.26 Å². The molecule has 32 heavy (non-hydrogen) atoms. The van der Waals surface area contributed by atoms with Gasteiger partial charge in [0, 0.05) is 18.6 Å². The van der Waals surface area contributed by atoms with E-state index < -0.39 is 16.0 Å². The van der Waals surface area contributed by atoms with Crippen molar-refractivity contribution in [3.05, 3.63) is 71.8 Å². The van der Waals surface area contributed by atoms with Crippen molar-refractivity contribution in [2.24, 2.45) is 0 Å². The first-order chi connectivity index (χ1) is 15.3. The maximum atomic E-state index is 13.8. The number of fused-ring (bicyclic) bond motifs is 1. The van der Waals surface area contributed by atoms with Crippen molar-refractivity contribution in [1.29, 1.82) is 0 Å². The van der Waals surface area contributed by atoms with E-state index in [-0.39, 0.29) is 33.8 Å². The van der Waals surface area contributed by atoms with Crippen LogP contribution in [0.15, 0.2) is 64.4 Å². The lowest BCUT2D eigenvalue weighted by atomic mass is 10.1. The van der Waals surface area contributed by atoms with Crippen molar-refractivity contribution >= 4 is 32.8 Å². The number of pyridine rings is 2. The van der Waals surface area contributed by atoms with Gasteiger partial charge in [-0.15, -0.1) is 0 Å². The van der Waals surface area contributed by atoms with E-state index >= 15 is 0 Å². The molecule has 11 heteroatoms. The molecule has 0 unspecified atom stereocenters. The lowest BCUT2D eigenvalue weighted by Crippen LogP contribution is -2.32. The monoisotopic (exact) mass is 454 g/mol. The van der Waals surface area contributed by atoms with Gasteiger partial charge in [0.15, 0.2) is 0 Å². The molecular formula is C21H18N4O6S. The minimum absolute atomic E-state index is 0.0311. The number of rotatable bonds is 7. The Morgan fingerprint density at radius 1 is 1.19 bits per heavy atom. The van der Waals surface area contributed by atoms with Crippen LogP contribution in [0.3, 0.4) is 0 Å². The summed E-state index contributed by atoms with van der Waals surface area (Å²) in [7, 11) is -2.76. The van der Waals surface area contributed by atoms with Gasteiger partial charge in [-0.3, -0.25) is 9.29 Å². The topological polar surface area (TPSA) is 136 Å². The molecule has 1 N–H and O–H groups in total. The maximum absolute atomic E-state index is 13.8. The van der Waals surface area contributed by atoms with E-state index in [2.05, 4.69) is 15.1 Å². The Bertz CT molecular complexity index is 1390. The van der Waals surface area contributed by atoms with Crippen LogP contribution >= 0.6 is 0 Å². The Morgan fingerprint density at radius 2 is 1.94 bits per heavy atom. The third-order valence-corrected chi connectivity index (χ3v) is 6.58. The van der Waals surface area contributed by atoms with Crippen LogP contribution in [0.4, 0.5) is 5.69 Å². The Kier molecular flexibility index (Phi) is 5.49. The van der Waals surface area contributed by atoms with Crippen molar-refractivity contribution in [3.63, 3.8) is 0 Å². The molecule has 0 fully saturated rings. The molecule has 4 aromatic rings. The van der Waals surface area contributed by atoms with Gasteiger partial charge in [0.05, 0.1) is 35.3 Å². The van der Waals surface area contributed by atoms with Crippen LogP contribution in [0.5, 0.6) is 5.75 Å². The number of carboxylic acids is 1. The van der Waals surface area contributed by atoms with E-state index in [1.54, 1.807) is 25.3 Å². The van der Waals surface area contributed by atoms with Gasteiger partial charge in [0.2, 0.25) is 0 Å². The Labute approximate surface area is 183 Å². The molecule has 4 rings (SSSR count). The van der Waals surface area contributed by atoms with Gasteiger partial charge >= 0.3 is 5.97 Å². The highest BCUT2D eigenvalue weighted by atomic mass is 32.2. The normalized spacial score (nSPS) is 11.4. The molecule has 0 saturated heterocycles. The first-order valence-electron chi connectivity index (χ1n) is 9.37. The minimum Gasteiger partial charge on any atom is -0.497 e. The summed E-state index contributed by atoms with van der Waals surface area (Å²) in [6.07, 6.45) is 4.13. The number of aromatic nitrogens is 3. The van der Waals surface area contributed by atoms with Crippen LogP contribution in [0.2, 0.25) is 0 Å². The zero-order chi connectivity index (χ0) is 22.9. The second kappa shape index (κ2) is 8.27. The van der Waals surface area contributed by atoms with Crippen molar-refractivity contribution < 1.29 is 27.6 Å². The number of sulfonamides is 1. The van der Waals surface area contributed by atoms with E-state index in [1.807, 2.05) is 0 Å². The summed E-state index contributed by atoms with van der Waals surface area (Å²) in [5.74, 6) is -0.855. The number of aryl methyl sites for hydroxylation is 1. The first-order valence-corrected chi connectivity index (χ1v) is 10.8. The van der Waals surface area contributed by atoms with Gasteiger partial charge in [-0.2, -0.15) is 0 Å². The Morgan fingerprint density at radius 3 is 2.56 bits per heavy atom. The number of aromatic carboxylic acids is 1. The molecule has 3 heterocycles. The van der Waals surface area contributed by atoms with E-state index in [9.17, 15) is 18.3 Å². The summed E-state index contributed by atoms with van der Waals surface area (Å²) in [6, 6.07) is 9.18. The summed E-state index contributed by atoms with van der Waals surface area (Å²) >= 11 is 0. The molecule has 10 nitrogen and oxygen atoms in total. The molecule has 0 radical (unpaired) electrons. The summed E-state index contributed by atoms with van der Waals surface area (Å²) in [5.41, 5.74) is 0.515. The predicted molar refractivity (Wildman–Crippen MR) is 114 cm³/mol. The fourth-order valence-corrected chi connectivity index (χ4v) is 4.75. The van der Waals surface area contributed by atoms with Crippen molar-refractivity contribution in [2.75, 3.05) is 11.4 Å². The van der Waals surface area contributed by atoms with Crippen LogP contribution in [0, 0.1) is 6.92 Å². The molecule has 0 saturated carbocycles. The number of nitrogens with zero attached hydrogens (tertiary/aromatic N) is 4. The average molecular weight is 454 g/mol. The van der Waals surface area contributed by atoms with Crippen molar-refractivity contribution in [1.82, 2.24) is 15.1 Å². The standard InChI is InChI=1S/C21H18N4O6S/c1-13-18-19(17(21(26)27)11-23-20(18)31-24-13)25(12-14-4-3-9-22-10-14)32(28,29)16-7-5-15(30-2)6-8-16/h3-11H,12H2,1-2H3,(H,26,27). The smallest absolute Gasteiger partial charge is 0.339 e. The van der Waals surface area contributed by atoms with Crippen LogP contribution in [0.1, 0.15) is 21.6 Å². The average Bonchev–Trinajstić information content (AvgIpc) is 3.18. The number of carbonyl (C=O) groups is 1. The quantitative estimate of drug-likeness (QED) is 0.447. The second-order valence-electron chi connectivity index (χ2n) is 6.82. The number of hydrogen-bond acceptors (Lipinski definition) is 8. The molecule has 0 spiro atoms. The second-order valence-corrected chi connectivity index (χ2v) is 8.68. The highest BCUT2D eigenvalue weighted by molar-refractivity contribution is 7.92. The molecule has 0 aliphatic heterocycles. The van der Waals surface area contributed by atoms with E-state index in [0.29, 0.717) is 17.0 Å². The lowest BCUT2D eigenvalue weighted by Gasteiger charge is -2.26. The maximum Gasteiger partial charge on any atom is 0.339 e. The SMILES string of the molecule is COc1ccc(S(=O)(=O)N(Cc2cccnc2)c2c(C(=O)O)cnc3onc(C)c23)cc1. The third-order valence-electron chi connectivity index (χ3n) is 4.82. The molecule has 0 aliphatic carbocycles. The zero-order valence-corrected chi connectivity index (χ0v) is 17.9. The number of anilines is 1. The van der Waals surface area contributed by atoms with Crippen LogP contribution in [-0.4, -0.2) is 41.7 Å². The molecule has 0 aliphatic rings. The number of carboxylic acid groups (broad SMARTS) is 1. The summed E-state index contributed by atoms with van der Waals surface area (Å²) in [6.45, 7) is 1.41. The molecule has 164 valence electrons. The zero-order valence-electron chi connectivity index (χ0n) is 17.1. The largest absolute Gasteiger partial charge is 0.497 e. The van der Waals surface area contributed by atoms with Gasteiger partial charge in [-0.05, 0) is 42.8 Å². The number of methoxy groups -OCH3 is 1. The first kappa shape index (κ1) is 21.2. The van der Waals surface area contributed by atoms with Gasteiger partial charge in [-0.1, -0.05) is 11.2 Å². The molecule has 3 aromatic heterocycles. The van der Waals surface area contributed by atoms with Crippen LogP contribution in [-0.2, 0) is 16.6 Å². The fourth-order valence-electron chi connectivity index (χ4n) is 3.27. The Hall–Kier alpha value is -3.99. The molecule has 0 atom stereocenters. The van der Waals surface area contributed by atoms with Gasteiger partial charge < -0.3 is 14.4 Å². The fraction of sp³-hybridized carbons (Fsp3) is 0.143. The number of benzene rings is 1. The third kappa shape index (κ3) is 3.73. The minimum atomic E-state index is -4.23. The van der Waals surface area contributed by atoms with Crippen LogP contribution in [0.25, 0.3) is 11.1 Å². The van der Waals surface area contributed by atoms with E-state index in [1.165, 1.54) is 37.6 Å². The lowest BCUT2D eigenvalue weighted by molar-refractivity contribution is 0.0697. The molecule has 1 aromatic carbocycles. The van der Waals surface area contributed by atoms with Crippen molar-refractivity contribution in [3.8, 4) is 5.75 Å². The van der Waals surface area contributed by atoms with Gasteiger partial charge in [0.25, 0.3) is 15.7 Å². The van der Waals surface area contributed by atoms with Gasteiger partial charge in [-0.25, -0.2) is 18.2 Å². The predicted octanol–water partition coefficient (Wildman–Crippen LogP) is 3.03. The molecule has 0 bridgehead atoms. The molecule has 0 amide bonds. The summed E-state index contributed by atoms with van der Waals surface area (Å²) in [5, 5.41) is 13.9. The van der Waals surface area contributed by atoms with E-state index in [0.717, 1.165) is 10.5 Å². The number of ether oxygens (including phenoxy) is 1. The highest BCUT2D eigenvalue weighted by Crippen LogP contribution is 2.36. The number of hydrogen-bond donors (Lipinski definition) is 1.